The molecule has 0 radical (unpaired) electrons. The van der Waals surface area contributed by atoms with Crippen molar-refractivity contribution < 1.29 is 29.3 Å². The van der Waals surface area contributed by atoms with Crippen LogP contribution in [0.5, 0.6) is 23.0 Å². The lowest BCUT2D eigenvalue weighted by atomic mass is 9.86. The fourth-order valence-electron chi connectivity index (χ4n) is 3.90. The van der Waals surface area contributed by atoms with Crippen LogP contribution in [0.15, 0.2) is 60.7 Å². The molecule has 3 aromatic rings. The van der Waals surface area contributed by atoms with Crippen molar-refractivity contribution in [1.29, 1.82) is 0 Å². The largest absolute Gasteiger partial charge is 0.504 e. The summed E-state index contributed by atoms with van der Waals surface area (Å²) in [5, 5.41) is 20.2. The zero-order valence-corrected chi connectivity index (χ0v) is 20.5. The number of ether oxygens (including phenoxy) is 2. The highest BCUT2D eigenvalue weighted by atomic mass is 35.5. The average molecular weight is 497 g/mol. The number of ketones is 2. The van der Waals surface area contributed by atoms with Crippen LogP contribution in [-0.4, -0.2) is 36.0 Å². The molecule has 0 atom stereocenters. The summed E-state index contributed by atoms with van der Waals surface area (Å²) in [4.78, 5) is 26.5. The van der Waals surface area contributed by atoms with Crippen molar-refractivity contribution in [1.82, 2.24) is 0 Å². The molecule has 0 aliphatic heterocycles. The van der Waals surface area contributed by atoms with Gasteiger partial charge in [-0.3, -0.25) is 9.59 Å². The zero-order valence-electron chi connectivity index (χ0n) is 19.8. The number of hydrogen-bond donors (Lipinski definition) is 2. The number of rotatable bonds is 12. The second-order valence-electron chi connectivity index (χ2n) is 8.33. The van der Waals surface area contributed by atoms with E-state index >= 15 is 0 Å². The number of halogens is 1. The molecule has 0 fully saturated rings. The molecule has 0 amide bonds. The topological polar surface area (TPSA) is 93.1 Å². The van der Waals surface area contributed by atoms with E-state index in [0.29, 0.717) is 35.8 Å². The van der Waals surface area contributed by atoms with Crippen LogP contribution in [-0.2, 0) is 28.9 Å². The Labute approximate surface area is 210 Å². The number of carbonyl (C=O) groups excluding carboxylic acids is 2. The van der Waals surface area contributed by atoms with E-state index in [1.54, 1.807) is 36.4 Å². The SMILES string of the molecule is COc1cc(CCC(=O)C(Cc2ccc(Cl)cc2)C(=O)CCc2ccc(O)c(OC)c2)ccc1O. The summed E-state index contributed by atoms with van der Waals surface area (Å²) in [6.45, 7) is 0. The van der Waals surface area contributed by atoms with Crippen molar-refractivity contribution in [2.45, 2.75) is 32.1 Å². The first-order valence-corrected chi connectivity index (χ1v) is 11.7. The third-order valence-corrected chi connectivity index (χ3v) is 6.19. The van der Waals surface area contributed by atoms with Crippen LogP contribution in [0.25, 0.3) is 0 Å². The number of benzene rings is 3. The normalized spacial score (nSPS) is 10.9. The second kappa shape index (κ2) is 12.3. The van der Waals surface area contributed by atoms with Gasteiger partial charge in [-0.15, -0.1) is 0 Å². The van der Waals surface area contributed by atoms with Gasteiger partial charge in [0.2, 0.25) is 0 Å². The molecular weight excluding hydrogens is 468 g/mol. The molecule has 7 heteroatoms. The van der Waals surface area contributed by atoms with E-state index in [9.17, 15) is 19.8 Å². The maximum atomic E-state index is 13.2. The molecule has 0 heterocycles. The van der Waals surface area contributed by atoms with Gasteiger partial charge in [-0.1, -0.05) is 35.9 Å². The van der Waals surface area contributed by atoms with Gasteiger partial charge < -0.3 is 19.7 Å². The molecule has 0 spiro atoms. The van der Waals surface area contributed by atoms with E-state index in [4.69, 9.17) is 21.1 Å². The van der Waals surface area contributed by atoms with E-state index in [1.807, 2.05) is 12.1 Å². The van der Waals surface area contributed by atoms with Crippen molar-refractivity contribution in [3.05, 3.63) is 82.4 Å². The summed E-state index contributed by atoms with van der Waals surface area (Å²) in [7, 11) is 2.93. The Hall–Kier alpha value is -3.51. The van der Waals surface area contributed by atoms with Crippen LogP contribution in [0, 0.1) is 5.92 Å². The molecule has 0 saturated carbocycles. The Bertz CT molecular complexity index is 1100. The lowest BCUT2D eigenvalue weighted by molar-refractivity contribution is -0.132. The molecule has 35 heavy (non-hydrogen) atoms. The van der Waals surface area contributed by atoms with E-state index in [1.165, 1.54) is 26.4 Å². The predicted molar refractivity (Wildman–Crippen MR) is 135 cm³/mol. The maximum absolute atomic E-state index is 13.2. The lowest BCUT2D eigenvalue weighted by Crippen LogP contribution is -2.27. The Balaban J connectivity index is 1.72. The highest BCUT2D eigenvalue weighted by Crippen LogP contribution is 2.28. The van der Waals surface area contributed by atoms with Gasteiger partial charge in [0.05, 0.1) is 20.1 Å². The first-order chi connectivity index (χ1) is 16.8. The first-order valence-electron chi connectivity index (χ1n) is 11.3. The highest BCUT2D eigenvalue weighted by Gasteiger charge is 2.26. The third-order valence-electron chi connectivity index (χ3n) is 5.94. The molecule has 3 aromatic carbocycles. The molecule has 0 aromatic heterocycles. The minimum absolute atomic E-state index is 0.0317. The number of aryl methyl sites for hydroxylation is 2. The summed E-state index contributed by atoms with van der Waals surface area (Å²) >= 11 is 5.99. The first kappa shape index (κ1) is 26.1. The van der Waals surface area contributed by atoms with E-state index in [0.717, 1.165) is 16.7 Å². The minimum atomic E-state index is -0.783. The van der Waals surface area contributed by atoms with Crippen molar-refractivity contribution in [2.75, 3.05) is 14.2 Å². The van der Waals surface area contributed by atoms with E-state index in [-0.39, 0.29) is 35.9 Å². The maximum Gasteiger partial charge on any atom is 0.160 e. The molecule has 184 valence electrons. The Morgan fingerprint density at radius 2 is 1.17 bits per heavy atom. The Kier molecular flexibility index (Phi) is 9.15. The Morgan fingerprint density at radius 1 is 0.743 bits per heavy atom. The summed E-state index contributed by atoms with van der Waals surface area (Å²) in [6.07, 6.45) is 1.52. The van der Waals surface area contributed by atoms with Crippen LogP contribution in [0.4, 0.5) is 0 Å². The van der Waals surface area contributed by atoms with Gasteiger partial charge in [-0.05, 0) is 72.4 Å². The van der Waals surface area contributed by atoms with Crippen molar-refractivity contribution in [3.8, 4) is 23.0 Å². The number of hydrogen-bond acceptors (Lipinski definition) is 6. The van der Waals surface area contributed by atoms with Crippen LogP contribution in [0.1, 0.15) is 29.5 Å². The van der Waals surface area contributed by atoms with E-state index < -0.39 is 5.92 Å². The van der Waals surface area contributed by atoms with Crippen LogP contribution in [0.3, 0.4) is 0 Å². The quantitative estimate of drug-likeness (QED) is 0.329. The lowest BCUT2D eigenvalue weighted by Gasteiger charge is -2.16. The second-order valence-corrected chi connectivity index (χ2v) is 8.76. The fourth-order valence-corrected chi connectivity index (χ4v) is 4.03. The minimum Gasteiger partial charge on any atom is -0.504 e. The predicted octanol–water partition coefficient (Wildman–Crippen LogP) is 5.33. The van der Waals surface area contributed by atoms with Gasteiger partial charge in [0, 0.05) is 17.9 Å². The summed E-state index contributed by atoms with van der Waals surface area (Å²) < 4.78 is 10.3. The van der Waals surface area contributed by atoms with Crippen LogP contribution in [0.2, 0.25) is 5.02 Å². The van der Waals surface area contributed by atoms with Crippen LogP contribution >= 0.6 is 11.6 Å². The standard InChI is InChI=1S/C28H29ClO6/c1-34-27-16-19(7-13-25(27)32)5-11-23(30)22(15-18-3-9-21(29)10-4-18)24(31)12-6-20-8-14-26(33)28(17-20)35-2/h3-4,7-10,13-14,16-17,22,32-33H,5-6,11-12,15H2,1-2H3. The van der Waals surface area contributed by atoms with Crippen molar-refractivity contribution in [2.24, 2.45) is 5.92 Å². The Morgan fingerprint density at radius 3 is 1.60 bits per heavy atom. The van der Waals surface area contributed by atoms with Gasteiger partial charge in [0.1, 0.15) is 11.6 Å². The molecule has 2 N–H and O–H groups in total. The van der Waals surface area contributed by atoms with Gasteiger partial charge in [-0.25, -0.2) is 0 Å². The van der Waals surface area contributed by atoms with Gasteiger partial charge in [0.15, 0.2) is 23.0 Å². The van der Waals surface area contributed by atoms with Gasteiger partial charge >= 0.3 is 0 Å². The zero-order chi connectivity index (χ0) is 25.4. The number of phenols is 2. The third kappa shape index (κ3) is 7.23. The van der Waals surface area contributed by atoms with Gasteiger partial charge in [0.25, 0.3) is 0 Å². The fraction of sp³-hybridized carbons (Fsp3) is 0.286. The molecular formula is C28H29ClO6. The van der Waals surface area contributed by atoms with Crippen molar-refractivity contribution >= 4 is 23.2 Å². The van der Waals surface area contributed by atoms with E-state index in [2.05, 4.69) is 0 Å². The summed E-state index contributed by atoms with van der Waals surface area (Å²) in [5.74, 6) is -0.315. The number of aromatic hydroxyl groups is 2. The molecule has 0 aliphatic carbocycles. The average Bonchev–Trinajstić information content (AvgIpc) is 2.86. The summed E-state index contributed by atoms with van der Waals surface area (Å²) in [6, 6.07) is 17.0. The number of methoxy groups -OCH3 is 2. The number of phenolic OH excluding ortho intramolecular Hbond substituents is 2. The van der Waals surface area contributed by atoms with Crippen LogP contribution < -0.4 is 9.47 Å². The summed E-state index contributed by atoms with van der Waals surface area (Å²) in [5.41, 5.74) is 2.53. The highest BCUT2D eigenvalue weighted by molar-refractivity contribution is 6.30. The molecule has 6 nitrogen and oxygen atoms in total. The molecule has 0 bridgehead atoms. The smallest absolute Gasteiger partial charge is 0.160 e. The number of carbonyl (C=O) groups is 2. The molecule has 0 saturated heterocycles. The molecule has 3 rings (SSSR count). The molecule has 0 unspecified atom stereocenters. The number of Topliss-reactive ketones (excluding diaryl/α,β-unsaturated/α-hetero) is 2. The monoisotopic (exact) mass is 496 g/mol. The van der Waals surface area contributed by atoms with Gasteiger partial charge in [-0.2, -0.15) is 0 Å². The van der Waals surface area contributed by atoms with Crippen molar-refractivity contribution in [3.63, 3.8) is 0 Å². The molecule has 0 aliphatic rings.